The molecule has 3 aliphatic rings. The zero-order valence-corrected chi connectivity index (χ0v) is 13.8. The van der Waals surface area contributed by atoms with E-state index in [1.54, 1.807) is 4.90 Å². The summed E-state index contributed by atoms with van der Waals surface area (Å²) >= 11 is 0. The van der Waals surface area contributed by atoms with Crippen molar-refractivity contribution in [2.45, 2.75) is 31.2 Å². The molecular weight excluding hydrogens is 294 g/mol. The van der Waals surface area contributed by atoms with Crippen molar-refractivity contribution >= 4 is 11.9 Å². The Morgan fingerprint density at radius 1 is 1.09 bits per heavy atom. The maximum atomic E-state index is 12.9. The van der Waals surface area contributed by atoms with Gasteiger partial charge >= 0.3 is 6.03 Å². The minimum Gasteiger partial charge on any atom is -0.326 e. The van der Waals surface area contributed by atoms with Crippen molar-refractivity contribution in [1.82, 2.24) is 19.6 Å². The van der Waals surface area contributed by atoms with Gasteiger partial charge in [0.25, 0.3) is 0 Å². The summed E-state index contributed by atoms with van der Waals surface area (Å²) in [6.45, 7) is 4.50. The molecule has 126 valence electrons. The molecule has 7 heteroatoms. The zero-order chi connectivity index (χ0) is 16.4. The second kappa shape index (κ2) is 6.36. The monoisotopic (exact) mass is 319 g/mol. The highest BCUT2D eigenvalue weighted by Crippen LogP contribution is 2.33. The van der Waals surface area contributed by atoms with E-state index in [-0.39, 0.29) is 18.5 Å². The third kappa shape index (κ3) is 2.76. The normalized spacial score (nSPS) is 25.0. The molecule has 0 aliphatic carbocycles. The van der Waals surface area contributed by atoms with Gasteiger partial charge in [-0.25, -0.2) is 4.79 Å². The van der Waals surface area contributed by atoms with Crippen molar-refractivity contribution < 1.29 is 9.59 Å². The summed E-state index contributed by atoms with van der Waals surface area (Å²) in [5.74, 6) is 0.0565. The molecule has 0 unspecified atom stereocenters. The minimum absolute atomic E-state index is 0.0565. The van der Waals surface area contributed by atoms with Crippen molar-refractivity contribution in [3.05, 3.63) is 0 Å². The molecule has 0 N–H and O–H groups in total. The van der Waals surface area contributed by atoms with Gasteiger partial charge in [0.15, 0.2) is 0 Å². The van der Waals surface area contributed by atoms with Gasteiger partial charge in [-0.05, 0) is 32.7 Å². The number of hydrogen-bond donors (Lipinski definition) is 0. The number of amides is 3. The largest absolute Gasteiger partial charge is 0.326 e. The summed E-state index contributed by atoms with van der Waals surface area (Å²) in [7, 11) is 1.99. The Kier molecular flexibility index (Phi) is 4.44. The van der Waals surface area contributed by atoms with Crippen LogP contribution in [0.3, 0.4) is 0 Å². The fourth-order valence-corrected chi connectivity index (χ4v) is 4.05. The second-order valence-electron chi connectivity index (χ2n) is 6.80. The molecule has 0 aromatic rings. The lowest BCUT2D eigenvalue weighted by atomic mass is 9.83. The number of nitrogens with zero attached hydrogens (tertiary/aromatic N) is 5. The number of likely N-dealkylation sites (tertiary alicyclic amines) is 2. The van der Waals surface area contributed by atoms with Crippen LogP contribution in [0, 0.1) is 11.3 Å². The number of nitriles is 1. The van der Waals surface area contributed by atoms with E-state index < -0.39 is 5.54 Å². The number of piperidine rings is 1. The maximum Gasteiger partial charge on any atom is 0.319 e. The smallest absolute Gasteiger partial charge is 0.319 e. The quantitative estimate of drug-likeness (QED) is 0.653. The molecule has 0 aromatic carbocycles. The molecule has 0 bridgehead atoms. The fourth-order valence-electron chi connectivity index (χ4n) is 4.05. The van der Waals surface area contributed by atoms with Gasteiger partial charge in [0.2, 0.25) is 5.91 Å². The Morgan fingerprint density at radius 3 is 2.30 bits per heavy atom. The Balaban J connectivity index is 1.67. The molecule has 0 radical (unpaired) electrons. The van der Waals surface area contributed by atoms with Crippen LogP contribution in [0.4, 0.5) is 4.79 Å². The van der Waals surface area contributed by atoms with Crippen LogP contribution in [-0.2, 0) is 4.79 Å². The summed E-state index contributed by atoms with van der Waals surface area (Å²) in [6.07, 6.45) is 3.50. The highest BCUT2D eigenvalue weighted by molar-refractivity contribution is 5.88. The first-order valence-electron chi connectivity index (χ1n) is 8.50. The van der Waals surface area contributed by atoms with Crippen LogP contribution in [0.15, 0.2) is 0 Å². The van der Waals surface area contributed by atoms with Crippen molar-refractivity contribution in [3.63, 3.8) is 0 Å². The van der Waals surface area contributed by atoms with Crippen molar-refractivity contribution in [2.75, 3.05) is 52.9 Å². The lowest BCUT2D eigenvalue weighted by molar-refractivity contribution is -0.152. The lowest BCUT2D eigenvalue weighted by Gasteiger charge is -2.51. The molecular formula is C16H25N5O2. The van der Waals surface area contributed by atoms with Crippen LogP contribution >= 0.6 is 0 Å². The van der Waals surface area contributed by atoms with E-state index >= 15 is 0 Å². The first-order chi connectivity index (χ1) is 11.1. The maximum absolute atomic E-state index is 12.9. The van der Waals surface area contributed by atoms with Gasteiger partial charge in [-0.3, -0.25) is 9.69 Å². The first-order valence-corrected chi connectivity index (χ1v) is 8.50. The number of carbonyl (C=O) groups is 2. The SMILES string of the molecule is CN1CCN(CC#N)C(=O)C12CCN(C(=O)N1CCCC1)CC2. The van der Waals surface area contributed by atoms with E-state index in [1.165, 1.54) is 0 Å². The minimum atomic E-state index is -0.531. The standard InChI is InChI=1S/C16H25N5O2/c1-18-12-13-19(11-6-17)14(22)16(18)4-9-21(10-5-16)15(23)20-7-2-3-8-20/h2-5,7-13H2,1H3. The predicted octanol–water partition coefficient (Wildman–Crippen LogP) is 0.334. The van der Waals surface area contributed by atoms with Gasteiger partial charge in [-0.1, -0.05) is 0 Å². The molecule has 3 fully saturated rings. The number of rotatable bonds is 1. The summed E-state index contributed by atoms with van der Waals surface area (Å²) < 4.78 is 0. The third-order valence-corrected chi connectivity index (χ3v) is 5.62. The Morgan fingerprint density at radius 2 is 1.70 bits per heavy atom. The molecule has 3 saturated heterocycles. The van der Waals surface area contributed by atoms with Crippen LogP contribution in [0.25, 0.3) is 0 Å². The number of hydrogen-bond acceptors (Lipinski definition) is 4. The Bertz CT molecular complexity index is 515. The van der Waals surface area contributed by atoms with Crippen molar-refractivity contribution in [3.8, 4) is 6.07 Å². The fraction of sp³-hybridized carbons (Fsp3) is 0.812. The van der Waals surface area contributed by atoms with Gasteiger partial charge < -0.3 is 14.7 Å². The zero-order valence-electron chi connectivity index (χ0n) is 13.8. The topological polar surface area (TPSA) is 70.9 Å². The van der Waals surface area contributed by atoms with E-state index in [1.807, 2.05) is 16.8 Å². The number of urea groups is 1. The van der Waals surface area contributed by atoms with E-state index in [0.29, 0.717) is 32.5 Å². The summed E-state index contributed by atoms with van der Waals surface area (Å²) in [6, 6.07) is 2.21. The molecule has 7 nitrogen and oxygen atoms in total. The van der Waals surface area contributed by atoms with Gasteiger partial charge in [0.1, 0.15) is 12.1 Å². The first kappa shape index (κ1) is 16.1. The molecule has 1 spiro atoms. The molecule has 0 aromatic heterocycles. The van der Waals surface area contributed by atoms with E-state index in [2.05, 4.69) is 11.0 Å². The van der Waals surface area contributed by atoms with E-state index in [9.17, 15) is 9.59 Å². The van der Waals surface area contributed by atoms with Gasteiger partial charge in [-0.15, -0.1) is 0 Å². The van der Waals surface area contributed by atoms with Gasteiger partial charge in [0, 0.05) is 39.3 Å². The molecule has 3 rings (SSSR count). The van der Waals surface area contributed by atoms with E-state index in [0.717, 1.165) is 32.5 Å². The molecule has 23 heavy (non-hydrogen) atoms. The summed E-state index contributed by atoms with van der Waals surface area (Å²) in [5, 5.41) is 8.91. The van der Waals surface area contributed by atoms with Gasteiger partial charge in [-0.2, -0.15) is 5.26 Å². The number of piperazine rings is 1. The van der Waals surface area contributed by atoms with Crippen LogP contribution < -0.4 is 0 Å². The van der Waals surface area contributed by atoms with Crippen LogP contribution in [0.5, 0.6) is 0 Å². The molecule has 0 atom stereocenters. The van der Waals surface area contributed by atoms with Gasteiger partial charge in [0.05, 0.1) is 6.07 Å². The van der Waals surface area contributed by atoms with Crippen LogP contribution in [0.2, 0.25) is 0 Å². The van der Waals surface area contributed by atoms with Crippen molar-refractivity contribution in [2.24, 2.45) is 0 Å². The van der Waals surface area contributed by atoms with Crippen LogP contribution in [-0.4, -0.2) is 89.9 Å². The molecule has 3 amide bonds. The number of carbonyl (C=O) groups excluding carboxylic acids is 2. The highest BCUT2D eigenvalue weighted by Gasteiger charge is 2.49. The number of likely N-dealkylation sites (N-methyl/N-ethyl adjacent to an activating group) is 1. The lowest BCUT2D eigenvalue weighted by Crippen LogP contribution is -2.68. The second-order valence-corrected chi connectivity index (χ2v) is 6.80. The molecule has 3 aliphatic heterocycles. The predicted molar refractivity (Wildman–Crippen MR) is 84.6 cm³/mol. The van der Waals surface area contributed by atoms with E-state index in [4.69, 9.17) is 5.26 Å². The summed E-state index contributed by atoms with van der Waals surface area (Å²) in [5.41, 5.74) is -0.531. The molecule has 0 saturated carbocycles. The van der Waals surface area contributed by atoms with Crippen molar-refractivity contribution in [1.29, 1.82) is 5.26 Å². The molecule has 3 heterocycles. The average molecular weight is 319 g/mol. The highest BCUT2D eigenvalue weighted by atomic mass is 16.2. The average Bonchev–Trinajstić information content (AvgIpc) is 3.10. The Hall–Kier alpha value is -1.81. The van der Waals surface area contributed by atoms with Crippen LogP contribution in [0.1, 0.15) is 25.7 Å². The Labute approximate surface area is 137 Å². The third-order valence-electron chi connectivity index (χ3n) is 5.62. The summed E-state index contributed by atoms with van der Waals surface area (Å²) in [4.78, 5) is 33.0.